The lowest BCUT2D eigenvalue weighted by Crippen LogP contribution is -2.49. The highest BCUT2D eigenvalue weighted by Crippen LogP contribution is 2.34. The normalized spacial score (nSPS) is 12.8. The lowest BCUT2D eigenvalue weighted by Gasteiger charge is -2.43. The number of aliphatic imine (C=N–C) groups is 2. The van der Waals surface area contributed by atoms with Crippen molar-refractivity contribution in [2.24, 2.45) is 9.98 Å². The summed E-state index contributed by atoms with van der Waals surface area (Å²) >= 11 is 1.67. The Bertz CT molecular complexity index is 1210. The van der Waals surface area contributed by atoms with E-state index in [0.29, 0.717) is 0 Å². The number of guanidine groups is 1. The van der Waals surface area contributed by atoms with Gasteiger partial charge in [0.2, 0.25) is 5.96 Å². The van der Waals surface area contributed by atoms with E-state index in [1.54, 1.807) is 11.3 Å². The molecule has 0 saturated heterocycles. The third kappa shape index (κ3) is 4.72. The van der Waals surface area contributed by atoms with Crippen molar-refractivity contribution < 1.29 is 0 Å². The van der Waals surface area contributed by atoms with E-state index < -0.39 is 0 Å². The quantitative estimate of drug-likeness (QED) is 0.263. The molecule has 0 aliphatic heterocycles. The number of benzene rings is 2. The maximum atomic E-state index is 13.0. The molecule has 0 atom stereocenters. The Morgan fingerprint density at radius 3 is 2.23 bits per heavy atom. The van der Waals surface area contributed by atoms with E-state index in [1.165, 1.54) is 0 Å². The first-order valence-electron chi connectivity index (χ1n) is 10.9. The van der Waals surface area contributed by atoms with Crippen LogP contribution in [0.5, 0.6) is 0 Å². The van der Waals surface area contributed by atoms with Crippen molar-refractivity contribution in [3.05, 3.63) is 58.3 Å². The predicted octanol–water partition coefficient (Wildman–Crippen LogP) is 6.61. The number of fused-ring (bicyclic) bond motifs is 2. The zero-order chi connectivity index (χ0) is 22.9. The fourth-order valence-corrected chi connectivity index (χ4v) is 5.13. The Labute approximate surface area is 189 Å². The maximum absolute atomic E-state index is 13.0. The van der Waals surface area contributed by atoms with Crippen LogP contribution in [0.25, 0.3) is 20.2 Å². The van der Waals surface area contributed by atoms with Crippen LogP contribution < -0.4 is 5.43 Å². The second kappa shape index (κ2) is 8.91. The summed E-state index contributed by atoms with van der Waals surface area (Å²) in [4.78, 5) is 24.9. The predicted molar refractivity (Wildman–Crippen MR) is 137 cm³/mol. The van der Waals surface area contributed by atoms with Crippen molar-refractivity contribution >= 4 is 43.2 Å². The molecule has 0 radical (unpaired) electrons. The van der Waals surface area contributed by atoms with Crippen LogP contribution >= 0.6 is 11.3 Å². The highest BCUT2D eigenvalue weighted by atomic mass is 32.1. The molecule has 0 saturated carbocycles. The summed E-state index contributed by atoms with van der Waals surface area (Å²) in [5.41, 5.74) is 1.85. The van der Waals surface area contributed by atoms with Gasteiger partial charge in [-0.3, -0.25) is 4.79 Å². The topological polar surface area (TPSA) is 45.0 Å². The molecule has 0 fully saturated rings. The van der Waals surface area contributed by atoms with Gasteiger partial charge in [0, 0.05) is 38.0 Å². The lowest BCUT2D eigenvalue weighted by molar-refractivity contribution is 0.173. The van der Waals surface area contributed by atoms with Crippen molar-refractivity contribution in [2.45, 2.75) is 73.0 Å². The summed E-state index contributed by atoms with van der Waals surface area (Å²) in [6.07, 6.45) is 0. The molecule has 5 heteroatoms. The number of nitrogens with zero attached hydrogens (tertiary/aromatic N) is 3. The van der Waals surface area contributed by atoms with Crippen LogP contribution in [0, 0.1) is 0 Å². The van der Waals surface area contributed by atoms with Crippen LogP contribution in [0.15, 0.2) is 57.2 Å². The lowest BCUT2D eigenvalue weighted by atomic mass is 9.90. The molecule has 0 bridgehead atoms. The van der Waals surface area contributed by atoms with Gasteiger partial charge in [-0.15, -0.1) is 11.3 Å². The standard InChI is InChI=1S/C26H33N3OS/c1-16(2)27-25(28-17(3)4)29(18(5)6)26(7,8)19-13-14-21-23(15-19)31-22-12-10-9-11-20(22)24(21)30/h9-16,18H,1-8H3. The van der Waals surface area contributed by atoms with Crippen molar-refractivity contribution in [3.63, 3.8) is 0 Å². The first-order chi connectivity index (χ1) is 14.5. The molecule has 164 valence electrons. The van der Waals surface area contributed by atoms with Gasteiger partial charge in [0.05, 0.1) is 5.54 Å². The molecule has 0 spiro atoms. The summed E-state index contributed by atoms with van der Waals surface area (Å²) in [5, 5.41) is 1.56. The van der Waals surface area contributed by atoms with Gasteiger partial charge in [0.1, 0.15) is 0 Å². The van der Waals surface area contributed by atoms with E-state index >= 15 is 0 Å². The van der Waals surface area contributed by atoms with Gasteiger partial charge in [-0.05, 0) is 85.2 Å². The van der Waals surface area contributed by atoms with Crippen molar-refractivity contribution in [2.75, 3.05) is 0 Å². The van der Waals surface area contributed by atoms with Crippen LogP contribution in [0.3, 0.4) is 0 Å². The molecule has 0 N–H and O–H groups in total. The SMILES string of the molecule is CC(C)=NC(=NC(C)C)N(C(C)C)C(C)(C)c1ccc2c(=O)c3ccccc3sc2c1. The average Bonchev–Trinajstić information content (AvgIpc) is 2.66. The zero-order valence-corrected chi connectivity index (χ0v) is 20.7. The molecule has 1 heterocycles. The fourth-order valence-electron chi connectivity index (χ4n) is 4.02. The summed E-state index contributed by atoms with van der Waals surface area (Å²) in [6.45, 7) is 16.9. The van der Waals surface area contributed by atoms with Gasteiger partial charge in [0.25, 0.3) is 0 Å². The second-order valence-corrected chi connectivity index (χ2v) is 10.3. The van der Waals surface area contributed by atoms with Crippen LogP contribution in [0.4, 0.5) is 0 Å². The van der Waals surface area contributed by atoms with Gasteiger partial charge in [-0.2, -0.15) is 0 Å². The average molecular weight is 436 g/mol. The van der Waals surface area contributed by atoms with Crippen LogP contribution in [0.1, 0.15) is 61.0 Å². The Morgan fingerprint density at radius 2 is 1.61 bits per heavy atom. The van der Waals surface area contributed by atoms with Crippen LogP contribution in [0.2, 0.25) is 0 Å². The van der Waals surface area contributed by atoms with Gasteiger partial charge in [-0.25, -0.2) is 9.98 Å². The van der Waals surface area contributed by atoms with E-state index in [9.17, 15) is 4.79 Å². The molecule has 0 unspecified atom stereocenters. The van der Waals surface area contributed by atoms with E-state index in [2.05, 4.69) is 58.6 Å². The molecule has 0 aliphatic carbocycles. The Hall–Kier alpha value is -2.53. The molecule has 0 amide bonds. The van der Waals surface area contributed by atoms with Gasteiger partial charge >= 0.3 is 0 Å². The number of hydrogen-bond acceptors (Lipinski definition) is 3. The minimum absolute atomic E-state index is 0.0997. The smallest absolute Gasteiger partial charge is 0.221 e. The number of rotatable bonds is 4. The van der Waals surface area contributed by atoms with E-state index in [1.807, 2.05) is 44.2 Å². The summed E-state index contributed by atoms with van der Waals surface area (Å²) in [7, 11) is 0. The molecule has 3 aromatic rings. The summed E-state index contributed by atoms with van der Waals surface area (Å²) < 4.78 is 2.03. The molecular weight excluding hydrogens is 402 g/mol. The first-order valence-corrected chi connectivity index (χ1v) is 11.7. The van der Waals surface area contributed by atoms with Crippen molar-refractivity contribution in [1.82, 2.24) is 4.90 Å². The fraction of sp³-hybridized carbons (Fsp3) is 0.423. The molecule has 4 nitrogen and oxygen atoms in total. The first kappa shape index (κ1) is 23.1. The minimum Gasteiger partial charge on any atom is -0.330 e. The van der Waals surface area contributed by atoms with Crippen LogP contribution in [-0.4, -0.2) is 28.7 Å². The summed E-state index contributed by atoms with van der Waals surface area (Å²) in [6, 6.07) is 14.4. The van der Waals surface area contributed by atoms with E-state index in [4.69, 9.17) is 9.98 Å². The van der Waals surface area contributed by atoms with E-state index in [0.717, 1.165) is 37.4 Å². The Kier molecular flexibility index (Phi) is 6.65. The van der Waals surface area contributed by atoms with E-state index in [-0.39, 0.29) is 23.1 Å². The molecule has 31 heavy (non-hydrogen) atoms. The third-order valence-electron chi connectivity index (χ3n) is 5.32. The molecular formula is C26H33N3OS. The zero-order valence-electron chi connectivity index (χ0n) is 19.9. The minimum atomic E-state index is -0.365. The Morgan fingerprint density at radius 1 is 0.968 bits per heavy atom. The molecule has 2 aromatic carbocycles. The largest absolute Gasteiger partial charge is 0.330 e. The monoisotopic (exact) mass is 435 g/mol. The third-order valence-corrected chi connectivity index (χ3v) is 6.45. The number of hydrogen-bond donors (Lipinski definition) is 0. The van der Waals surface area contributed by atoms with Gasteiger partial charge < -0.3 is 4.90 Å². The molecule has 0 aliphatic rings. The molecule has 1 aromatic heterocycles. The van der Waals surface area contributed by atoms with Gasteiger partial charge in [0.15, 0.2) is 5.43 Å². The Balaban J connectivity index is 2.21. The highest BCUT2D eigenvalue weighted by molar-refractivity contribution is 7.24. The van der Waals surface area contributed by atoms with Crippen molar-refractivity contribution in [1.29, 1.82) is 0 Å². The van der Waals surface area contributed by atoms with Gasteiger partial charge in [-0.1, -0.05) is 18.2 Å². The maximum Gasteiger partial charge on any atom is 0.221 e. The highest BCUT2D eigenvalue weighted by Gasteiger charge is 2.34. The second-order valence-electron chi connectivity index (χ2n) is 9.24. The van der Waals surface area contributed by atoms with Crippen LogP contribution in [-0.2, 0) is 5.54 Å². The summed E-state index contributed by atoms with van der Waals surface area (Å²) in [5.74, 6) is 0.752. The molecule has 3 rings (SSSR count). The van der Waals surface area contributed by atoms with Crippen molar-refractivity contribution in [3.8, 4) is 0 Å².